The van der Waals surface area contributed by atoms with Gasteiger partial charge in [-0.1, -0.05) is 0 Å². The number of nitrogens with two attached hydrogens (primary N) is 1. The maximum atomic E-state index is 5.41. The van der Waals surface area contributed by atoms with Crippen molar-refractivity contribution >= 4 is 0 Å². The van der Waals surface area contributed by atoms with Crippen LogP contribution in [-0.4, -0.2) is 35.2 Å². The Balaban J connectivity index is 2.41. The Morgan fingerprint density at radius 1 is 1.50 bits per heavy atom. The van der Waals surface area contributed by atoms with Gasteiger partial charge in [0.1, 0.15) is 0 Å². The zero-order valence-corrected chi connectivity index (χ0v) is 7.27. The Morgan fingerprint density at radius 2 is 2.33 bits per heavy atom. The van der Waals surface area contributed by atoms with Crippen molar-refractivity contribution in [3.8, 4) is 0 Å². The fraction of sp³-hybridized carbons (Fsp3) is 0.500. The monoisotopic (exact) mass is 166 g/mol. The maximum Gasteiger partial charge on any atom is 0.0541 e. The number of hydrogen-bond acceptors (Lipinski definition) is 4. The predicted octanol–water partition coefficient (Wildman–Crippen LogP) is -0.133. The minimum absolute atomic E-state index is 0.689. The molecule has 4 nitrogen and oxygen atoms in total. The summed E-state index contributed by atoms with van der Waals surface area (Å²) in [7, 11) is 2.04. The first kappa shape index (κ1) is 9.09. The molecule has 2 N–H and O–H groups in total. The van der Waals surface area contributed by atoms with Gasteiger partial charge in [0, 0.05) is 25.8 Å². The molecule has 0 amide bonds. The van der Waals surface area contributed by atoms with Gasteiger partial charge in [-0.3, -0.25) is 0 Å². The van der Waals surface area contributed by atoms with Crippen molar-refractivity contribution in [3.05, 3.63) is 24.0 Å². The molecular weight excluding hydrogens is 152 g/mol. The molecule has 0 unspecified atom stereocenters. The summed E-state index contributed by atoms with van der Waals surface area (Å²) in [5.74, 6) is 0. The topological polar surface area (TPSA) is 55.0 Å². The molecule has 0 aliphatic heterocycles. The van der Waals surface area contributed by atoms with E-state index in [0.29, 0.717) is 6.54 Å². The zero-order chi connectivity index (χ0) is 8.81. The average Bonchev–Trinajstić information content (AvgIpc) is 2.06. The van der Waals surface area contributed by atoms with E-state index in [-0.39, 0.29) is 0 Å². The molecule has 0 atom stereocenters. The van der Waals surface area contributed by atoms with E-state index in [1.165, 1.54) is 5.56 Å². The van der Waals surface area contributed by atoms with Crippen LogP contribution in [-0.2, 0) is 6.54 Å². The summed E-state index contributed by atoms with van der Waals surface area (Å²) < 4.78 is 0. The zero-order valence-electron chi connectivity index (χ0n) is 7.27. The maximum absolute atomic E-state index is 5.41. The van der Waals surface area contributed by atoms with E-state index in [1.54, 1.807) is 12.4 Å². The van der Waals surface area contributed by atoms with Crippen molar-refractivity contribution in [3.63, 3.8) is 0 Å². The highest BCUT2D eigenvalue weighted by molar-refractivity contribution is 5.04. The van der Waals surface area contributed by atoms with E-state index in [2.05, 4.69) is 15.1 Å². The van der Waals surface area contributed by atoms with Gasteiger partial charge in [0.25, 0.3) is 0 Å². The van der Waals surface area contributed by atoms with Crippen molar-refractivity contribution in [1.29, 1.82) is 0 Å². The molecule has 1 aromatic rings. The summed E-state index contributed by atoms with van der Waals surface area (Å²) in [6, 6.07) is 1.96. The number of likely N-dealkylation sites (N-methyl/N-ethyl adjacent to an activating group) is 1. The molecule has 0 spiro atoms. The summed E-state index contributed by atoms with van der Waals surface area (Å²) in [6.45, 7) is 2.48. The Hall–Kier alpha value is -1.00. The fourth-order valence-electron chi connectivity index (χ4n) is 1.02. The third-order valence-electron chi connectivity index (χ3n) is 1.61. The van der Waals surface area contributed by atoms with E-state index in [1.807, 2.05) is 13.1 Å². The van der Waals surface area contributed by atoms with Crippen molar-refractivity contribution < 1.29 is 0 Å². The summed E-state index contributed by atoms with van der Waals surface area (Å²) in [5, 5.41) is 7.50. The molecule has 1 rings (SSSR count). The third-order valence-corrected chi connectivity index (χ3v) is 1.61. The van der Waals surface area contributed by atoms with Gasteiger partial charge in [0.15, 0.2) is 0 Å². The Bertz CT molecular complexity index is 212. The van der Waals surface area contributed by atoms with Crippen molar-refractivity contribution in [2.75, 3.05) is 20.1 Å². The van der Waals surface area contributed by atoms with Gasteiger partial charge in [0.05, 0.1) is 6.20 Å². The second-order valence-corrected chi connectivity index (χ2v) is 2.78. The first-order chi connectivity index (χ1) is 5.83. The highest BCUT2D eigenvalue weighted by Gasteiger charge is 1.97. The van der Waals surface area contributed by atoms with Crippen LogP contribution >= 0.6 is 0 Å². The summed E-state index contributed by atoms with van der Waals surface area (Å²) in [6.07, 6.45) is 3.47. The molecule has 0 saturated heterocycles. The highest BCUT2D eigenvalue weighted by atomic mass is 15.1. The highest BCUT2D eigenvalue weighted by Crippen LogP contribution is 1.97. The minimum atomic E-state index is 0.689. The molecule has 0 aliphatic carbocycles. The van der Waals surface area contributed by atoms with Gasteiger partial charge in [-0.25, -0.2) is 0 Å². The standard InChI is InChI=1S/C8H14N4/c1-12(5-3-9)7-8-2-4-10-11-6-8/h2,4,6H,3,5,7,9H2,1H3. The van der Waals surface area contributed by atoms with Crippen molar-refractivity contribution in [2.45, 2.75) is 6.54 Å². The molecule has 4 heteroatoms. The first-order valence-electron chi connectivity index (χ1n) is 3.97. The van der Waals surface area contributed by atoms with Crippen LogP contribution in [0.15, 0.2) is 18.5 Å². The van der Waals surface area contributed by atoms with Gasteiger partial charge in [0.2, 0.25) is 0 Å². The van der Waals surface area contributed by atoms with Gasteiger partial charge in [-0.05, 0) is 18.7 Å². The number of hydrogen-bond donors (Lipinski definition) is 1. The number of rotatable bonds is 4. The lowest BCUT2D eigenvalue weighted by molar-refractivity contribution is 0.335. The normalized spacial score (nSPS) is 10.6. The second-order valence-electron chi connectivity index (χ2n) is 2.78. The molecule has 1 aromatic heterocycles. The molecule has 0 bridgehead atoms. The number of nitrogens with zero attached hydrogens (tertiary/aromatic N) is 3. The van der Waals surface area contributed by atoms with Crippen LogP contribution in [0.4, 0.5) is 0 Å². The van der Waals surface area contributed by atoms with Crippen LogP contribution in [0, 0.1) is 0 Å². The van der Waals surface area contributed by atoms with E-state index in [0.717, 1.165) is 13.1 Å². The van der Waals surface area contributed by atoms with Gasteiger partial charge >= 0.3 is 0 Å². The van der Waals surface area contributed by atoms with Crippen LogP contribution in [0.5, 0.6) is 0 Å². The molecule has 66 valence electrons. The van der Waals surface area contributed by atoms with Crippen molar-refractivity contribution in [2.24, 2.45) is 5.73 Å². The molecule has 0 aliphatic rings. The van der Waals surface area contributed by atoms with Gasteiger partial charge in [-0.15, -0.1) is 0 Å². The SMILES string of the molecule is CN(CCN)Cc1ccnnc1. The first-order valence-corrected chi connectivity index (χ1v) is 3.97. The number of aromatic nitrogens is 2. The van der Waals surface area contributed by atoms with Crippen LogP contribution in [0.25, 0.3) is 0 Å². The average molecular weight is 166 g/mol. The quantitative estimate of drug-likeness (QED) is 0.677. The predicted molar refractivity (Wildman–Crippen MR) is 47.4 cm³/mol. The van der Waals surface area contributed by atoms with Crippen LogP contribution in [0.1, 0.15) is 5.56 Å². The lowest BCUT2D eigenvalue weighted by Crippen LogP contribution is -2.24. The van der Waals surface area contributed by atoms with Crippen LogP contribution < -0.4 is 5.73 Å². The molecule has 0 radical (unpaired) electrons. The Labute approximate surface area is 72.4 Å². The molecular formula is C8H14N4. The molecule has 0 saturated carbocycles. The summed E-state index contributed by atoms with van der Waals surface area (Å²) in [4.78, 5) is 2.15. The van der Waals surface area contributed by atoms with Crippen LogP contribution in [0.2, 0.25) is 0 Å². The summed E-state index contributed by atoms with van der Waals surface area (Å²) in [5.41, 5.74) is 6.58. The second kappa shape index (κ2) is 4.79. The smallest absolute Gasteiger partial charge is 0.0541 e. The fourth-order valence-corrected chi connectivity index (χ4v) is 1.02. The Morgan fingerprint density at radius 3 is 2.92 bits per heavy atom. The molecule has 1 heterocycles. The van der Waals surface area contributed by atoms with Crippen molar-refractivity contribution in [1.82, 2.24) is 15.1 Å². The van der Waals surface area contributed by atoms with E-state index in [9.17, 15) is 0 Å². The Kier molecular flexibility index (Phi) is 3.63. The third kappa shape index (κ3) is 2.94. The largest absolute Gasteiger partial charge is 0.329 e. The minimum Gasteiger partial charge on any atom is -0.329 e. The molecule has 0 fully saturated rings. The molecule has 0 aromatic carbocycles. The molecule has 12 heavy (non-hydrogen) atoms. The lowest BCUT2D eigenvalue weighted by Gasteiger charge is -2.14. The van der Waals surface area contributed by atoms with Gasteiger partial charge < -0.3 is 10.6 Å². The van der Waals surface area contributed by atoms with E-state index < -0.39 is 0 Å². The van der Waals surface area contributed by atoms with E-state index in [4.69, 9.17) is 5.73 Å². The van der Waals surface area contributed by atoms with Crippen LogP contribution in [0.3, 0.4) is 0 Å². The lowest BCUT2D eigenvalue weighted by atomic mass is 10.3. The van der Waals surface area contributed by atoms with Gasteiger partial charge in [-0.2, -0.15) is 10.2 Å². The van der Waals surface area contributed by atoms with E-state index >= 15 is 0 Å². The summed E-state index contributed by atoms with van der Waals surface area (Å²) >= 11 is 0.